The van der Waals surface area contributed by atoms with Crippen molar-refractivity contribution in [2.75, 3.05) is 7.05 Å². The van der Waals surface area contributed by atoms with Crippen LogP contribution in [0.1, 0.15) is 52.2 Å². The summed E-state index contributed by atoms with van der Waals surface area (Å²) in [6.07, 6.45) is -2.53. The van der Waals surface area contributed by atoms with E-state index < -0.39 is 35.2 Å². The van der Waals surface area contributed by atoms with Gasteiger partial charge in [-0.2, -0.15) is 4.90 Å². The van der Waals surface area contributed by atoms with Crippen molar-refractivity contribution < 1.29 is 28.3 Å². The van der Waals surface area contributed by atoms with Crippen molar-refractivity contribution >= 4 is 40.0 Å². The average Bonchev–Trinajstić information content (AvgIpc) is 3.13. The van der Waals surface area contributed by atoms with Crippen molar-refractivity contribution in [1.29, 1.82) is 0 Å². The Morgan fingerprint density at radius 3 is 2.14 bits per heavy atom. The molecule has 0 radical (unpaired) electrons. The summed E-state index contributed by atoms with van der Waals surface area (Å²) in [4.78, 5) is 40.2. The number of carbonyl (C=O) groups is 3. The normalized spacial score (nSPS) is 19.9. The standard InChI is InChI=1S/C27H30N4O6/c1-7-8-16-9-11-20-18(13-16)19-14-17(10-12-21(19)35-20)26(5)15-22(32)30(6)27(36-23(28)33,37-24(29)34)31(26)25(2,3)4/h9-14H,15H2,1-6H3,(H2,28,33)(H2,29,34)/t26-/m0/s1. The molecule has 0 saturated carbocycles. The van der Waals surface area contributed by atoms with Gasteiger partial charge < -0.3 is 25.4 Å². The van der Waals surface area contributed by atoms with E-state index in [2.05, 4.69) is 11.8 Å². The summed E-state index contributed by atoms with van der Waals surface area (Å²) in [6.45, 7) is 9.08. The molecule has 1 aromatic heterocycles. The molecule has 4 rings (SSSR count). The molecule has 10 nitrogen and oxygen atoms in total. The van der Waals surface area contributed by atoms with Gasteiger partial charge in [-0.05, 0) is 70.5 Å². The van der Waals surface area contributed by atoms with Crippen LogP contribution in [0, 0.1) is 11.8 Å². The maximum absolute atomic E-state index is 13.4. The number of ether oxygens (including phenoxy) is 2. The summed E-state index contributed by atoms with van der Waals surface area (Å²) in [5, 5.41) is 1.67. The quantitative estimate of drug-likeness (QED) is 0.405. The second-order valence-corrected chi connectivity index (χ2v) is 10.2. The Kier molecular flexibility index (Phi) is 6.08. The van der Waals surface area contributed by atoms with Crippen LogP contribution in [-0.4, -0.2) is 46.5 Å². The molecule has 4 N–H and O–H groups in total. The lowest BCUT2D eigenvalue weighted by Crippen LogP contribution is -2.78. The van der Waals surface area contributed by atoms with Gasteiger partial charge in [0.2, 0.25) is 5.91 Å². The lowest BCUT2D eigenvalue weighted by atomic mass is 9.80. The lowest BCUT2D eigenvalue weighted by Gasteiger charge is -2.60. The molecule has 0 aliphatic carbocycles. The molecule has 2 aromatic carbocycles. The minimum Gasteiger partial charge on any atom is -0.456 e. The van der Waals surface area contributed by atoms with Crippen molar-refractivity contribution in [3.63, 3.8) is 0 Å². The summed E-state index contributed by atoms with van der Waals surface area (Å²) in [5.41, 5.74) is 11.7. The molecule has 1 atom stereocenters. The fourth-order valence-corrected chi connectivity index (χ4v) is 5.35. The third kappa shape index (κ3) is 4.21. The zero-order valence-corrected chi connectivity index (χ0v) is 21.7. The highest BCUT2D eigenvalue weighted by Crippen LogP contribution is 2.49. The molecule has 0 unspecified atom stereocenters. The van der Waals surface area contributed by atoms with Crippen LogP contribution >= 0.6 is 0 Å². The number of carbonyl (C=O) groups excluding carboxylic acids is 3. The fourth-order valence-electron chi connectivity index (χ4n) is 5.35. The third-order valence-electron chi connectivity index (χ3n) is 6.57. The zero-order chi connectivity index (χ0) is 27.3. The van der Waals surface area contributed by atoms with E-state index in [1.807, 2.05) is 64.1 Å². The van der Waals surface area contributed by atoms with Gasteiger partial charge in [-0.1, -0.05) is 12.0 Å². The Labute approximate surface area is 214 Å². The van der Waals surface area contributed by atoms with Crippen LogP contribution in [0.15, 0.2) is 40.8 Å². The maximum atomic E-state index is 13.4. The van der Waals surface area contributed by atoms with Crippen molar-refractivity contribution in [3.05, 3.63) is 47.5 Å². The molecule has 1 aliphatic heterocycles. The van der Waals surface area contributed by atoms with Crippen molar-refractivity contribution in [2.24, 2.45) is 11.5 Å². The Morgan fingerprint density at radius 1 is 1.03 bits per heavy atom. The molecule has 194 valence electrons. The van der Waals surface area contributed by atoms with Crippen LogP contribution in [0.3, 0.4) is 0 Å². The first-order valence-electron chi connectivity index (χ1n) is 11.7. The number of fused-ring (bicyclic) bond motifs is 3. The van der Waals surface area contributed by atoms with Crippen LogP contribution in [-0.2, 0) is 19.8 Å². The maximum Gasteiger partial charge on any atom is 0.420 e. The topological polar surface area (TPSA) is 141 Å². The lowest BCUT2D eigenvalue weighted by molar-refractivity contribution is -0.375. The molecule has 1 fully saturated rings. The number of rotatable bonds is 3. The summed E-state index contributed by atoms with van der Waals surface area (Å²) in [5.74, 6) is 5.50. The molecule has 2 heterocycles. The average molecular weight is 507 g/mol. The van der Waals surface area contributed by atoms with E-state index in [-0.39, 0.29) is 6.42 Å². The van der Waals surface area contributed by atoms with Crippen LogP contribution < -0.4 is 11.5 Å². The minimum absolute atomic E-state index is 0.0272. The number of amides is 3. The van der Waals surface area contributed by atoms with Crippen LogP contribution in [0.2, 0.25) is 0 Å². The predicted octanol–water partition coefficient (Wildman–Crippen LogP) is 3.94. The van der Waals surface area contributed by atoms with Gasteiger partial charge in [0, 0.05) is 35.3 Å². The number of hydrogen-bond donors (Lipinski definition) is 2. The number of primary amides is 2. The van der Waals surface area contributed by atoms with Gasteiger partial charge in [0.15, 0.2) is 0 Å². The second kappa shape index (κ2) is 8.71. The molecule has 10 heteroatoms. The van der Waals surface area contributed by atoms with Crippen molar-refractivity contribution in [1.82, 2.24) is 9.80 Å². The molecule has 1 aliphatic rings. The van der Waals surface area contributed by atoms with Gasteiger partial charge in [-0.25, -0.2) is 9.59 Å². The van der Waals surface area contributed by atoms with Crippen LogP contribution in [0.5, 0.6) is 0 Å². The van der Waals surface area contributed by atoms with E-state index in [1.54, 1.807) is 11.8 Å². The van der Waals surface area contributed by atoms with Crippen LogP contribution in [0.4, 0.5) is 9.59 Å². The Balaban J connectivity index is 2.01. The summed E-state index contributed by atoms with van der Waals surface area (Å²) < 4.78 is 16.9. The van der Waals surface area contributed by atoms with E-state index in [0.717, 1.165) is 21.2 Å². The van der Waals surface area contributed by atoms with Gasteiger partial charge in [0.05, 0.1) is 5.54 Å². The monoisotopic (exact) mass is 506 g/mol. The first-order valence-corrected chi connectivity index (χ1v) is 11.7. The zero-order valence-electron chi connectivity index (χ0n) is 21.7. The highest BCUT2D eigenvalue weighted by molar-refractivity contribution is 6.05. The van der Waals surface area contributed by atoms with Crippen molar-refractivity contribution in [3.8, 4) is 11.8 Å². The minimum atomic E-state index is -2.34. The highest BCUT2D eigenvalue weighted by atomic mass is 16.8. The molecule has 0 bridgehead atoms. The van der Waals surface area contributed by atoms with Gasteiger partial charge in [-0.3, -0.25) is 9.69 Å². The first kappa shape index (κ1) is 25.9. The number of furan rings is 1. The highest BCUT2D eigenvalue weighted by Gasteiger charge is 2.65. The largest absolute Gasteiger partial charge is 0.456 e. The Morgan fingerprint density at radius 2 is 1.59 bits per heavy atom. The molecule has 3 aromatic rings. The SMILES string of the molecule is CC#Cc1ccc2oc3ccc([C@]4(C)CC(=O)N(C)C(OC(N)=O)(OC(N)=O)N4C(C)(C)C)cc3c2c1. The number of nitrogens with two attached hydrogens (primary N) is 2. The summed E-state index contributed by atoms with van der Waals surface area (Å²) in [7, 11) is 1.36. The second-order valence-electron chi connectivity index (χ2n) is 10.2. The molecule has 0 spiro atoms. The van der Waals surface area contributed by atoms with Gasteiger partial charge in [-0.15, -0.1) is 5.92 Å². The number of benzene rings is 2. The van der Waals surface area contributed by atoms with Crippen molar-refractivity contribution in [2.45, 2.75) is 58.2 Å². The molecular formula is C27H30N4O6. The van der Waals surface area contributed by atoms with E-state index in [4.69, 9.17) is 25.4 Å². The molecule has 37 heavy (non-hydrogen) atoms. The van der Waals surface area contributed by atoms with E-state index in [9.17, 15) is 14.4 Å². The fraction of sp³-hybridized carbons (Fsp3) is 0.370. The third-order valence-corrected chi connectivity index (χ3v) is 6.57. The Bertz CT molecular complexity index is 1480. The molecular weight excluding hydrogens is 476 g/mol. The smallest absolute Gasteiger partial charge is 0.420 e. The summed E-state index contributed by atoms with van der Waals surface area (Å²) in [6, 6.07) is 8.92. The predicted molar refractivity (Wildman–Crippen MR) is 137 cm³/mol. The number of hydrogen-bond acceptors (Lipinski definition) is 7. The molecule has 1 saturated heterocycles. The molecule has 3 amide bonds. The van der Waals surface area contributed by atoms with Gasteiger partial charge in [0.1, 0.15) is 11.2 Å². The van der Waals surface area contributed by atoms with E-state index >= 15 is 0 Å². The van der Waals surface area contributed by atoms with E-state index in [0.29, 0.717) is 16.7 Å². The summed E-state index contributed by atoms with van der Waals surface area (Å²) >= 11 is 0. The first-order chi connectivity index (χ1) is 17.2. The van der Waals surface area contributed by atoms with E-state index in [1.165, 1.54) is 7.05 Å². The van der Waals surface area contributed by atoms with Gasteiger partial charge >= 0.3 is 18.2 Å². The number of nitrogens with zero attached hydrogens (tertiary/aromatic N) is 2. The van der Waals surface area contributed by atoms with Gasteiger partial charge in [0.25, 0.3) is 0 Å². The van der Waals surface area contributed by atoms with Crippen LogP contribution in [0.25, 0.3) is 21.9 Å². The Hall–Kier alpha value is -4.23.